The van der Waals surface area contributed by atoms with E-state index in [9.17, 15) is 10.1 Å². The fourth-order valence-electron chi connectivity index (χ4n) is 2.17. The highest BCUT2D eigenvalue weighted by Gasteiger charge is 2.23. The molecule has 0 unspecified atom stereocenters. The number of aromatic nitrogens is 2. The molecule has 0 amide bonds. The molecule has 20 heavy (non-hydrogen) atoms. The van der Waals surface area contributed by atoms with E-state index >= 15 is 0 Å². The maximum absolute atomic E-state index is 11.1. The van der Waals surface area contributed by atoms with Crippen LogP contribution in [0.2, 0.25) is 0 Å². The summed E-state index contributed by atoms with van der Waals surface area (Å²) >= 11 is 0. The maximum Gasteiger partial charge on any atom is 0.333 e. The minimum atomic E-state index is -0.417. The van der Waals surface area contributed by atoms with Crippen LogP contribution < -0.4 is 11.1 Å². The van der Waals surface area contributed by atoms with E-state index in [4.69, 9.17) is 5.73 Å². The Labute approximate surface area is 116 Å². The van der Waals surface area contributed by atoms with Crippen LogP contribution in [0.15, 0.2) is 24.3 Å². The average Bonchev–Trinajstić information content (AvgIpc) is 2.71. The van der Waals surface area contributed by atoms with Crippen LogP contribution in [0.1, 0.15) is 16.8 Å². The van der Waals surface area contributed by atoms with Crippen molar-refractivity contribution >= 4 is 11.5 Å². The second-order valence-electron chi connectivity index (χ2n) is 4.49. The molecule has 0 bridgehead atoms. The van der Waals surface area contributed by atoms with Gasteiger partial charge in [-0.2, -0.15) is 5.10 Å². The molecule has 1 aromatic carbocycles. The number of anilines is 1. The molecule has 7 heteroatoms. The van der Waals surface area contributed by atoms with Crippen LogP contribution in [0.4, 0.5) is 11.5 Å². The molecule has 0 radical (unpaired) electrons. The van der Waals surface area contributed by atoms with E-state index in [0.29, 0.717) is 24.6 Å². The highest BCUT2D eigenvalue weighted by Crippen LogP contribution is 2.27. The van der Waals surface area contributed by atoms with Gasteiger partial charge < -0.3 is 11.1 Å². The van der Waals surface area contributed by atoms with E-state index in [0.717, 1.165) is 11.1 Å². The van der Waals surface area contributed by atoms with Gasteiger partial charge in [0.25, 0.3) is 0 Å². The van der Waals surface area contributed by atoms with E-state index in [-0.39, 0.29) is 5.69 Å². The Morgan fingerprint density at radius 1 is 1.40 bits per heavy atom. The van der Waals surface area contributed by atoms with Gasteiger partial charge in [-0.05, 0) is 18.1 Å². The summed E-state index contributed by atoms with van der Waals surface area (Å²) < 4.78 is 1.48. The van der Waals surface area contributed by atoms with Gasteiger partial charge in [-0.15, -0.1) is 0 Å². The highest BCUT2D eigenvalue weighted by atomic mass is 16.6. The summed E-state index contributed by atoms with van der Waals surface area (Å²) in [4.78, 5) is 10.7. The first kappa shape index (κ1) is 14.0. The second-order valence-corrected chi connectivity index (χ2v) is 4.49. The molecule has 0 aliphatic rings. The number of nitrogens with one attached hydrogen (secondary N) is 1. The van der Waals surface area contributed by atoms with Crippen molar-refractivity contribution in [2.45, 2.75) is 20.0 Å². The SMILES string of the molecule is Cc1nn(C)c(NCc2ccccc2CN)c1[N+](=O)[O-]. The standard InChI is InChI=1S/C13H17N5O2/c1-9-12(18(19)20)13(17(2)16-9)15-8-11-6-4-3-5-10(11)7-14/h3-6,15H,7-8,14H2,1-2H3. The summed E-state index contributed by atoms with van der Waals surface area (Å²) in [5, 5.41) is 18.2. The Bertz CT molecular complexity index is 636. The molecule has 0 atom stereocenters. The van der Waals surface area contributed by atoms with Gasteiger partial charge in [-0.25, -0.2) is 4.68 Å². The smallest absolute Gasteiger partial charge is 0.333 e. The van der Waals surface area contributed by atoms with Crippen molar-refractivity contribution in [1.82, 2.24) is 9.78 Å². The third kappa shape index (κ3) is 2.62. The van der Waals surface area contributed by atoms with Crippen molar-refractivity contribution in [3.8, 4) is 0 Å². The third-order valence-electron chi connectivity index (χ3n) is 3.16. The third-order valence-corrected chi connectivity index (χ3v) is 3.16. The van der Waals surface area contributed by atoms with E-state index in [1.54, 1.807) is 14.0 Å². The van der Waals surface area contributed by atoms with Crippen LogP contribution >= 0.6 is 0 Å². The maximum atomic E-state index is 11.1. The number of nitro groups is 1. The quantitative estimate of drug-likeness (QED) is 0.639. The van der Waals surface area contributed by atoms with E-state index in [2.05, 4.69) is 10.4 Å². The lowest BCUT2D eigenvalue weighted by Gasteiger charge is -2.09. The summed E-state index contributed by atoms with van der Waals surface area (Å²) in [6.07, 6.45) is 0. The van der Waals surface area contributed by atoms with Crippen molar-refractivity contribution in [3.63, 3.8) is 0 Å². The van der Waals surface area contributed by atoms with Crippen LogP contribution in [0.3, 0.4) is 0 Å². The lowest BCUT2D eigenvalue weighted by atomic mass is 10.1. The topological polar surface area (TPSA) is 99.0 Å². The number of hydrogen-bond donors (Lipinski definition) is 2. The van der Waals surface area contributed by atoms with Gasteiger partial charge in [0.15, 0.2) is 0 Å². The Kier molecular flexibility index (Phi) is 3.99. The fourth-order valence-corrected chi connectivity index (χ4v) is 2.17. The molecule has 2 aromatic rings. The summed E-state index contributed by atoms with van der Waals surface area (Å²) in [6, 6.07) is 7.73. The number of aryl methyl sites for hydroxylation is 2. The Balaban J connectivity index is 2.25. The normalized spacial score (nSPS) is 10.6. The molecule has 1 aromatic heterocycles. The number of nitrogens with zero attached hydrogens (tertiary/aromatic N) is 3. The first-order chi connectivity index (χ1) is 9.54. The lowest BCUT2D eigenvalue weighted by Crippen LogP contribution is -2.09. The molecular weight excluding hydrogens is 258 g/mol. The number of hydrogen-bond acceptors (Lipinski definition) is 5. The van der Waals surface area contributed by atoms with Crippen molar-refractivity contribution in [2.24, 2.45) is 12.8 Å². The minimum Gasteiger partial charge on any atom is -0.360 e. The number of rotatable bonds is 5. The number of benzene rings is 1. The van der Waals surface area contributed by atoms with E-state index < -0.39 is 4.92 Å². The molecular formula is C13H17N5O2. The van der Waals surface area contributed by atoms with Gasteiger partial charge in [-0.1, -0.05) is 24.3 Å². The molecule has 0 spiro atoms. The summed E-state index contributed by atoms with van der Waals surface area (Å²) in [7, 11) is 1.68. The number of nitrogens with two attached hydrogens (primary N) is 1. The average molecular weight is 275 g/mol. The van der Waals surface area contributed by atoms with Gasteiger partial charge in [0.1, 0.15) is 5.69 Å². The molecule has 1 heterocycles. The zero-order valence-corrected chi connectivity index (χ0v) is 11.5. The second kappa shape index (κ2) is 5.70. The van der Waals surface area contributed by atoms with Crippen LogP contribution in [0.5, 0.6) is 0 Å². The van der Waals surface area contributed by atoms with Gasteiger partial charge in [0, 0.05) is 20.1 Å². The van der Waals surface area contributed by atoms with Crippen LogP contribution in [0, 0.1) is 17.0 Å². The van der Waals surface area contributed by atoms with Gasteiger partial charge in [0.2, 0.25) is 5.82 Å². The summed E-state index contributed by atoms with van der Waals surface area (Å²) in [6.45, 7) is 2.52. The van der Waals surface area contributed by atoms with Crippen molar-refractivity contribution in [2.75, 3.05) is 5.32 Å². The summed E-state index contributed by atoms with van der Waals surface area (Å²) in [5.41, 5.74) is 8.12. The van der Waals surface area contributed by atoms with Crippen LogP contribution in [-0.2, 0) is 20.1 Å². The fraction of sp³-hybridized carbons (Fsp3) is 0.308. The van der Waals surface area contributed by atoms with Gasteiger partial charge >= 0.3 is 5.69 Å². The van der Waals surface area contributed by atoms with E-state index in [1.165, 1.54) is 4.68 Å². The van der Waals surface area contributed by atoms with E-state index in [1.807, 2.05) is 24.3 Å². The Morgan fingerprint density at radius 2 is 2.05 bits per heavy atom. The molecule has 0 fully saturated rings. The Hall–Kier alpha value is -2.41. The van der Waals surface area contributed by atoms with Crippen LogP contribution in [-0.4, -0.2) is 14.7 Å². The predicted octanol–water partition coefficient (Wildman–Crippen LogP) is 1.71. The van der Waals surface area contributed by atoms with Crippen molar-refractivity contribution in [1.29, 1.82) is 0 Å². The monoisotopic (exact) mass is 275 g/mol. The first-order valence-corrected chi connectivity index (χ1v) is 6.23. The molecule has 0 aliphatic heterocycles. The minimum absolute atomic E-state index is 0.0118. The molecule has 3 N–H and O–H groups in total. The molecule has 7 nitrogen and oxygen atoms in total. The zero-order chi connectivity index (χ0) is 14.7. The predicted molar refractivity (Wildman–Crippen MR) is 76.3 cm³/mol. The lowest BCUT2D eigenvalue weighted by molar-refractivity contribution is -0.384. The molecule has 0 saturated heterocycles. The molecule has 0 aliphatic carbocycles. The van der Waals surface area contributed by atoms with Gasteiger partial charge in [0.05, 0.1) is 4.92 Å². The Morgan fingerprint density at radius 3 is 2.65 bits per heavy atom. The summed E-state index contributed by atoms with van der Waals surface area (Å²) in [5.74, 6) is 0.402. The zero-order valence-electron chi connectivity index (χ0n) is 11.5. The molecule has 2 rings (SSSR count). The molecule has 0 saturated carbocycles. The van der Waals surface area contributed by atoms with Crippen molar-refractivity contribution < 1.29 is 4.92 Å². The molecule has 106 valence electrons. The first-order valence-electron chi connectivity index (χ1n) is 6.23. The van der Waals surface area contributed by atoms with Crippen molar-refractivity contribution in [3.05, 3.63) is 51.2 Å². The van der Waals surface area contributed by atoms with Gasteiger partial charge in [-0.3, -0.25) is 10.1 Å². The largest absolute Gasteiger partial charge is 0.360 e. The van der Waals surface area contributed by atoms with Crippen LogP contribution in [0.25, 0.3) is 0 Å². The highest BCUT2D eigenvalue weighted by molar-refractivity contribution is 5.59.